The van der Waals surface area contributed by atoms with Crippen LogP contribution in [0.4, 0.5) is 0 Å². The zero-order valence-electron chi connectivity index (χ0n) is 15.2. The van der Waals surface area contributed by atoms with Gasteiger partial charge in [0.1, 0.15) is 5.01 Å². The first-order chi connectivity index (χ1) is 13.5. The molecule has 4 aromatic rings. The Kier molecular flexibility index (Phi) is 4.14. The number of nitrogens with zero attached hydrogens (tertiary/aromatic N) is 6. The Morgan fingerprint density at radius 1 is 1.11 bits per heavy atom. The Bertz CT molecular complexity index is 1270. The molecule has 0 atom stereocenters. The van der Waals surface area contributed by atoms with Gasteiger partial charge in [-0.1, -0.05) is 29.5 Å². The van der Waals surface area contributed by atoms with Crippen molar-refractivity contribution in [2.45, 2.75) is 18.8 Å². The van der Waals surface area contributed by atoms with Gasteiger partial charge in [-0.2, -0.15) is 9.61 Å². The largest absolute Gasteiger partial charge is 0.256 e. The molecule has 0 spiro atoms. The molecule has 1 saturated heterocycles. The van der Waals surface area contributed by atoms with Crippen molar-refractivity contribution in [3.63, 3.8) is 0 Å². The Balaban J connectivity index is 1.50. The number of sulfonamides is 1. The summed E-state index contributed by atoms with van der Waals surface area (Å²) in [5.41, 5.74) is 1.89. The molecule has 0 saturated carbocycles. The van der Waals surface area contributed by atoms with Gasteiger partial charge in [0.05, 0.1) is 11.8 Å². The number of hydrogen-bond donors (Lipinski definition) is 0. The van der Waals surface area contributed by atoms with E-state index in [0.29, 0.717) is 13.1 Å². The first kappa shape index (κ1) is 17.7. The number of benzene rings is 1. The second kappa shape index (κ2) is 6.57. The molecule has 144 valence electrons. The lowest BCUT2D eigenvalue weighted by Crippen LogP contribution is -2.37. The van der Waals surface area contributed by atoms with Gasteiger partial charge in [-0.3, -0.25) is 4.98 Å². The van der Waals surface area contributed by atoms with Gasteiger partial charge in [-0.15, -0.1) is 10.2 Å². The minimum Gasteiger partial charge on any atom is -0.256 e. The van der Waals surface area contributed by atoms with Crippen LogP contribution in [0.1, 0.15) is 24.6 Å². The van der Waals surface area contributed by atoms with Crippen molar-refractivity contribution >= 4 is 37.2 Å². The quantitative estimate of drug-likeness (QED) is 0.511. The van der Waals surface area contributed by atoms with Crippen LogP contribution >= 0.6 is 11.3 Å². The number of pyridine rings is 1. The molecule has 10 heteroatoms. The molecule has 1 aliphatic rings. The number of piperidine rings is 1. The first-order valence-electron chi connectivity index (χ1n) is 9.02. The molecule has 1 aliphatic heterocycles. The van der Waals surface area contributed by atoms with Crippen LogP contribution in [0, 0.1) is 0 Å². The summed E-state index contributed by atoms with van der Waals surface area (Å²) in [6.07, 6.45) is 4.48. The van der Waals surface area contributed by atoms with Gasteiger partial charge in [-0.05, 0) is 25.0 Å². The summed E-state index contributed by atoms with van der Waals surface area (Å²) in [6, 6.07) is 10.0. The van der Waals surface area contributed by atoms with Gasteiger partial charge < -0.3 is 0 Å². The normalized spacial score (nSPS) is 16.9. The number of para-hydroxylation sites is 1. The van der Waals surface area contributed by atoms with Crippen LogP contribution in [0.3, 0.4) is 0 Å². The Labute approximate surface area is 165 Å². The molecular formula is C18H18N6O2S2. The first-order valence-corrected chi connectivity index (χ1v) is 11.7. The average Bonchev–Trinajstić information content (AvgIpc) is 3.28. The van der Waals surface area contributed by atoms with E-state index >= 15 is 0 Å². The van der Waals surface area contributed by atoms with E-state index in [2.05, 4.69) is 15.2 Å². The maximum absolute atomic E-state index is 11.7. The van der Waals surface area contributed by atoms with Crippen molar-refractivity contribution < 1.29 is 8.42 Å². The minimum atomic E-state index is -3.14. The third-order valence-electron chi connectivity index (χ3n) is 5.17. The molecule has 8 nitrogen and oxygen atoms in total. The summed E-state index contributed by atoms with van der Waals surface area (Å²) in [7, 11) is -3.14. The predicted molar refractivity (Wildman–Crippen MR) is 108 cm³/mol. The zero-order valence-corrected chi connectivity index (χ0v) is 16.8. The summed E-state index contributed by atoms with van der Waals surface area (Å²) in [5, 5.41) is 15.3. The number of rotatable bonds is 3. The number of hydrogen-bond acceptors (Lipinski definition) is 7. The molecule has 0 amide bonds. The second-order valence-electron chi connectivity index (χ2n) is 6.98. The second-order valence-corrected chi connectivity index (χ2v) is 9.92. The number of aromatic nitrogens is 5. The van der Waals surface area contributed by atoms with E-state index in [1.54, 1.807) is 6.20 Å². The van der Waals surface area contributed by atoms with E-state index in [9.17, 15) is 8.42 Å². The van der Waals surface area contributed by atoms with Crippen LogP contribution in [-0.4, -0.2) is 56.9 Å². The fraction of sp³-hybridized carbons (Fsp3) is 0.333. The zero-order chi connectivity index (χ0) is 19.3. The van der Waals surface area contributed by atoms with Crippen molar-refractivity contribution in [3.8, 4) is 10.6 Å². The van der Waals surface area contributed by atoms with E-state index in [0.717, 1.165) is 45.1 Å². The highest BCUT2D eigenvalue weighted by molar-refractivity contribution is 7.88. The molecule has 3 aromatic heterocycles. The Hall–Kier alpha value is -2.43. The molecule has 0 N–H and O–H groups in total. The van der Waals surface area contributed by atoms with Crippen LogP contribution in [0.15, 0.2) is 36.5 Å². The predicted octanol–water partition coefficient (Wildman–Crippen LogP) is 2.54. The molecule has 0 bridgehead atoms. The fourth-order valence-electron chi connectivity index (χ4n) is 3.72. The van der Waals surface area contributed by atoms with E-state index in [-0.39, 0.29) is 5.92 Å². The molecule has 1 fully saturated rings. The minimum absolute atomic E-state index is 0.147. The Morgan fingerprint density at radius 2 is 1.89 bits per heavy atom. The lowest BCUT2D eigenvalue weighted by atomic mass is 9.97. The summed E-state index contributed by atoms with van der Waals surface area (Å²) < 4.78 is 26.8. The Morgan fingerprint density at radius 3 is 2.68 bits per heavy atom. The summed E-state index contributed by atoms with van der Waals surface area (Å²) in [6.45, 7) is 1.01. The standard InChI is InChI=1S/C18H18N6O2S2/c1-28(25,26)23-10-7-13(8-11-23)16-20-21-18-24(16)22-17(27-18)14-6-2-4-12-5-3-9-19-15(12)14/h2-6,9,13H,7-8,10-11H2,1H3. The highest BCUT2D eigenvalue weighted by atomic mass is 32.2. The van der Waals surface area contributed by atoms with Crippen LogP contribution < -0.4 is 0 Å². The van der Waals surface area contributed by atoms with Gasteiger partial charge >= 0.3 is 0 Å². The van der Waals surface area contributed by atoms with E-state index < -0.39 is 10.0 Å². The summed E-state index contributed by atoms with van der Waals surface area (Å²) >= 11 is 1.49. The van der Waals surface area contributed by atoms with Crippen LogP contribution in [0.5, 0.6) is 0 Å². The molecule has 28 heavy (non-hydrogen) atoms. The van der Waals surface area contributed by atoms with Crippen LogP contribution in [0.2, 0.25) is 0 Å². The van der Waals surface area contributed by atoms with E-state index in [4.69, 9.17) is 5.10 Å². The van der Waals surface area contributed by atoms with Gasteiger partial charge in [0.15, 0.2) is 5.82 Å². The fourth-order valence-corrected chi connectivity index (χ4v) is 5.46. The van der Waals surface area contributed by atoms with Crippen LogP contribution in [-0.2, 0) is 10.0 Å². The van der Waals surface area contributed by atoms with Gasteiger partial charge in [0.2, 0.25) is 15.0 Å². The highest BCUT2D eigenvalue weighted by Gasteiger charge is 2.29. The molecular weight excluding hydrogens is 396 g/mol. The smallest absolute Gasteiger partial charge is 0.234 e. The van der Waals surface area contributed by atoms with E-state index in [1.165, 1.54) is 21.9 Å². The molecule has 0 aliphatic carbocycles. The SMILES string of the molecule is CS(=O)(=O)N1CCC(c2nnc3sc(-c4cccc5cccnc45)nn23)CC1. The van der Waals surface area contributed by atoms with Crippen molar-refractivity contribution in [3.05, 3.63) is 42.4 Å². The molecule has 4 heterocycles. The van der Waals surface area contributed by atoms with E-state index in [1.807, 2.05) is 34.8 Å². The van der Waals surface area contributed by atoms with Crippen molar-refractivity contribution in [2.75, 3.05) is 19.3 Å². The van der Waals surface area contributed by atoms with Crippen LogP contribution in [0.25, 0.3) is 26.4 Å². The lowest BCUT2D eigenvalue weighted by Gasteiger charge is -2.28. The van der Waals surface area contributed by atoms with Gasteiger partial charge in [-0.25, -0.2) is 12.7 Å². The monoisotopic (exact) mass is 414 g/mol. The maximum atomic E-state index is 11.7. The molecule has 5 rings (SSSR count). The lowest BCUT2D eigenvalue weighted by molar-refractivity contribution is 0.313. The number of fused-ring (bicyclic) bond motifs is 2. The van der Waals surface area contributed by atoms with Gasteiger partial charge in [0.25, 0.3) is 0 Å². The van der Waals surface area contributed by atoms with Crippen molar-refractivity contribution in [1.29, 1.82) is 0 Å². The van der Waals surface area contributed by atoms with Crippen molar-refractivity contribution in [2.24, 2.45) is 0 Å². The summed E-state index contributed by atoms with van der Waals surface area (Å²) in [5.74, 6) is 0.951. The highest BCUT2D eigenvalue weighted by Crippen LogP contribution is 2.33. The third kappa shape index (κ3) is 2.97. The maximum Gasteiger partial charge on any atom is 0.234 e. The average molecular weight is 415 g/mol. The molecule has 1 aromatic carbocycles. The topological polar surface area (TPSA) is 93.4 Å². The molecule has 0 radical (unpaired) electrons. The van der Waals surface area contributed by atoms with Crippen molar-refractivity contribution in [1.82, 2.24) is 29.1 Å². The molecule has 0 unspecified atom stereocenters. The van der Waals surface area contributed by atoms with Gasteiger partial charge in [0, 0.05) is 36.2 Å². The third-order valence-corrected chi connectivity index (χ3v) is 7.40. The summed E-state index contributed by atoms with van der Waals surface area (Å²) in [4.78, 5) is 5.25.